The highest BCUT2D eigenvalue weighted by Gasteiger charge is 1.99. The summed E-state index contributed by atoms with van der Waals surface area (Å²) in [5, 5.41) is 33.5. The number of hydrogen-bond donors (Lipinski definition) is 4. The monoisotopic (exact) mass is 594 g/mol. The summed E-state index contributed by atoms with van der Waals surface area (Å²) in [6, 6.07) is 8.30. The molecule has 242 valence electrons. The summed E-state index contributed by atoms with van der Waals surface area (Å²) in [6.45, 7) is 2.27. The van der Waals surface area contributed by atoms with Gasteiger partial charge in [-0.2, -0.15) is 0 Å². The van der Waals surface area contributed by atoms with Gasteiger partial charge in [-0.05, 0) is 31.4 Å². The topological polar surface area (TPSA) is 149 Å². The zero-order valence-corrected chi connectivity index (χ0v) is 26.1. The second-order valence-electron chi connectivity index (χ2n) is 10.8. The van der Waals surface area contributed by atoms with Crippen molar-refractivity contribution in [3.8, 4) is 0 Å². The molecule has 8 heteroatoms. The number of aliphatic carboxylic acids is 3. The molecule has 8 nitrogen and oxygen atoms in total. The summed E-state index contributed by atoms with van der Waals surface area (Å²) < 4.78 is 0. The van der Waals surface area contributed by atoms with Crippen LogP contribution in [0.5, 0.6) is 0 Å². The Morgan fingerprint density at radius 1 is 0.429 bits per heavy atom. The van der Waals surface area contributed by atoms with E-state index in [1.807, 2.05) is 0 Å². The lowest BCUT2D eigenvalue weighted by molar-refractivity contribution is -0.138. The smallest absolute Gasteiger partial charge is 0.335 e. The Morgan fingerprint density at radius 3 is 0.905 bits per heavy atom. The first-order chi connectivity index (χ1) is 20.2. The molecular formula is C34H58O8. The fourth-order valence-electron chi connectivity index (χ4n) is 4.31. The molecule has 0 aromatic heterocycles. The van der Waals surface area contributed by atoms with Crippen LogP contribution in [0.15, 0.2) is 30.3 Å². The molecule has 1 rings (SSSR count). The van der Waals surface area contributed by atoms with E-state index in [1.165, 1.54) is 83.5 Å². The van der Waals surface area contributed by atoms with Crippen molar-refractivity contribution in [3.63, 3.8) is 0 Å². The van der Waals surface area contributed by atoms with E-state index < -0.39 is 23.9 Å². The predicted molar refractivity (Wildman–Crippen MR) is 168 cm³/mol. The number of unbranched alkanes of at least 4 members (excludes halogenated alkanes) is 18. The molecule has 0 saturated carbocycles. The predicted octanol–water partition coefficient (Wildman–Crippen LogP) is 9.60. The van der Waals surface area contributed by atoms with E-state index in [4.69, 9.17) is 20.4 Å². The van der Waals surface area contributed by atoms with Crippen molar-refractivity contribution in [1.29, 1.82) is 0 Å². The van der Waals surface area contributed by atoms with E-state index in [0.29, 0.717) is 24.8 Å². The molecule has 0 heterocycles. The van der Waals surface area contributed by atoms with Crippen LogP contribution in [0.4, 0.5) is 0 Å². The summed E-state index contributed by atoms with van der Waals surface area (Å²) >= 11 is 0. The minimum Gasteiger partial charge on any atom is -0.481 e. The largest absolute Gasteiger partial charge is 0.481 e. The molecule has 0 bridgehead atoms. The maximum absolute atomic E-state index is 10.3. The lowest BCUT2D eigenvalue weighted by Crippen LogP contribution is -1.95. The molecule has 0 spiro atoms. The molecule has 42 heavy (non-hydrogen) atoms. The Balaban J connectivity index is 0. The molecule has 0 aliphatic rings. The Morgan fingerprint density at radius 2 is 0.690 bits per heavy atom. The van der Waals surface area contributed by atoms with E-state index in [1.54, 1.807) is 30.3 Å². The summed E-state index contributed by atoms with van der Waals surface area (Å²) in [7, 11) is 0. The average molecular weight is 595 g/mol. The quantitative estimate of drug-likeness (QED) is 0.0817. The third kappa shape index (κ3) is 37.1. The van der Waals surface area contributed by atoms with Gasteiger partial charge in [0.1, 0.15) is 0 Å². The van der Waals surface area contributed by atoms with Gasteiger partial charge in [0, 0.05) is 19.3 Å². The first-order valence-corrected chi connectivity index (χ1v) is 16.1. The summed E-state index contributed by atoms with van der Waals surface area (Å²) in [5.41, 5.74) is 0.331. The van der Waals surface area contributed by atoms with Crippen molar-refractivity contribution in [3.05, 3.63) is 35.9 Å². The number of hydrogen-bond acceptors (Lipinski definition) is 4. The van der Waals surface area contributed by atoms with Gasteiger partial charge in [-0.1, -0.05) is 134 Å². The number of benzene rings is 1. The van der Waals surface area contributed by atoms with E-state index in [0.717, 1.165) is 32.1 Å². The van der Waals surface area contributed by atoms with Crippen LogP contribution in [0.25, 0.3) is 0 Å². The minimum absolute atomic E-state index is 0.221. The number of rotatable bonds is 25. The molecule has 4 N–H and O–H groups in total. The van der Waals surface area contributed by atoms with Crippen LogP contribution in [-0.2, 0) is 14.4 Å². The fraction of sp³-hybridized carbons (Fsp3) is 0.706. The van der Waals surface area contributed by atoms with Crippen LogP contribution < -0.4 is 0 Å². The standard InChI is InChI=1S/C18H36O2.C9H16O4.C7H6O2/c1-2-3-4-5-6-7-8-9-10-11-12-13-14-15-16-17-18(19)20;10-8(11)6-4-2-1-3-5-7-9(12)13;8-7(9)6-4-2-1-3-5-6/h2-17H2,1H3,(H,19,20);1-7H2,(H,10,11)(H,12,13);1-5H,(H,8,9). The number of carboxylic acid groups (broad SMARTS) is 4. The summed E-state index contributed by atoms with van der Waals surface area (Å²) in [4.78, 5) is 40.7. The molecule has 0 amide bonds. The van der Waals surface area contributed by atoms with Crippen LogP contribution in [0, 0.1) is 0 Å². The Kier molecular flexibility index (Phi) is 32.0. The maximum atomic E-state index is 10.3. The van der Waals surface area contributed by atoms with Crippen LogP contribution >= 0.6 is 0 Å². The van der Waals surface area contributed by atoms with E-state index in [2.05, 4.69) is 6.92 Å². The fourth-order valence-corrected chi connectivity index (χ4v) is 4.31. The summed E-state index contributed by atoms with van der Waals surface area (Å²) in [5.74, 6) is -3.05. The number of carboxylic acids is 4. The van der Waals surface area contributed by atoms with Gasteiger partial charge >= 0.3 is 23.9 Å². The van der Waals surface area contributed by atoms with Crippen molar-refractivity contribution in [2.24, 2.45) is 0 Å². The highest BCUT2D eigenvalue weighted by molar-refractivity contribution is 5.87. The minimum atomic E-state index is -0.879. The first-order valence-electron chi connectivity index (χ1n) is 16.1. The zero-order chi connectivity index (χ0) is 31.7. The van der Waals surface area contributed by atoms with Crippen molar-refractivity contribution in [2.45, 2.75) is 155 Å². The lowest BCUT2D eigenvalue weighted by atomic mass is 10.0. The Bertz CT molecular complexity index is 761. The molecule has 0 fully saturated rings. The first kappa shape index (κ1) is 41.2. The van der Waals surface area contributed by atoms with Gasteiger partial charge in [0.05, 0.1) is 5.56 Å². The maximum Gasteiger partial charge on any atom is 0.335 e. The van der Waals surface area contributed by atoms with Crippen molar-refractivity contribution in [2.75, 3.05) is 0 Å². The van der Waals surface area contributed by atoms with Crippen molar-refractivity contribution in [1.82, 2.24) is 0 Å². The SMILES string of the molecule is CCCCCCCCCCCCCCCCCC(=O)O.O=C(O)CCCCCCCC(=O)O.O=C(O)c1ccccc1. The number of carbonyl (C=O) groups is 4. The van der Waals surface area contributed by atoms with Gasteiger partial charge in [0.25, 0.3) is 0 Å². The van der Waals surface area contributed by atoms with Gasteiger partial charge in [-0.3, -0.25) is 14.4 Å². The lowest BCUT2D eigenvalue weighted by Gasteiger charge is -2.03. The van der Waals surface area contributed by atoms with Crippen molar-refractivity contribution < 1.29 is 39.6 Å². The molecule has 0 unspecified atom stereocenters. The second kappa shape index (κ2) is 32.6. The van der Waals surface area contributed by atoms with Crippen LogP contribution in [0.2, 0.25) is 0 Å². The van der Waals surface area contributed by atoms with E-state index in [-0.39, 0.29) is 12.8 Å². The highest BCUT2D eigenvalue weighted by atomic mass is 16.4. The highest BCUT2D eigenvalue weighted by Crippen LogP contribution is 2.13. The Labute approximate surface area is 253 Å². The molecular weight excluding hydrogens is 536 g/mol. The molecule has 0 saturated heterocycles. The third-order valence-corrected chi connectivity index (χ3v) is 6.80. The Hall–Kier alpha value is -2.90. The second-order valence-corrected chi connectivity index (χ2v) is 10.8. The van der Waals surface area contributed by atoms with Crippen molar-refractivity contribution >= 4 is 23.9 Å². The van der Waals surface area contributed by atoms with Gasteiger partial charge in [0.2, 0.25) is 0 Å². The van der Waals surface area contributed by atoms with Crippen LogP contribution in [-0.4, -0.2) is 44.3 Å². The molecule has 1 aromatic carbocycles. The zero-order valence-electron chi connectivity index (χ0n) is 26.1. The van der Waals surface area contributed by atoms with Crippen LogP contribution in [0.3, 0.4) is 0 Å². The van der Waals surface area contributed by atoms with Gasteiger partial charge in [-0.25, -0.2) is 4.79 Å². The van der Waals surface area contributed by atoms with Gasteiger partial charge in [-0.15, -0.1) is 0 Å². The molecule has 0 atom stereocenters. The number of aromatic carboxylic acids is 1. The molecule has 0 radical (unpaired) electrons. The van der Waals surface area contributed by atoms with Gasteiger partial charge < -0.3 is 20.4 Å². The normalized spacial score (nSPS) is 10.1. The average Bonchev–Trinajstić information content (AvgIpc) is 2.95. The third-order valence-electron chi connectivity index (χ3n) is 6.80. The molecule has 0 aliphatic carbocycles. The molecule has 0 aliphatic heterocycles. The van der Waals surface area contributed by atoms with Crippen LogP contribution in [0.1, 0.15) is 165 Å². The van der Waals surface area contributed by atoms with E-state index >= 15 is 0 Å². The van der Waals surface area contributed by atoms with Gasteiger partial charge in [0.15, 0.2) is 0 Å². The molecule has 1 aromatic rings. The van der Waals surface area contributed by atoms with E-state index in [9.17, 15) is 19.2 Å². The summed E-state index contributed by atoms with van der Waals surface area (Å²) in [6.07, 6.45) is 24.7.